The standard InChI is InChI=1S/C22H27N5O4/c23-12-16-8-4-9-18(19(16)26-22(24)30)31-11-5-10-27-14-25-20(21(27)17(29)13-28)15-6-2-1-3-7-15/h1-4,6-9,14,17,28-29H,5,10-13,23H2,(H3,24,26,30). The van der Waals surface area contributed by atoms with E-state index in [4.69, 9.17) is 16.2 Å². The Balaban J connectivity index is 1.71. The van der Waals surface area contributed by atoms with E-state index in [0.29, 0.717) is 48.0 Å². The zero-order chi connectivity index (χ0) is 22.2. The van der Waals surface area contributed by atoms with Crippen LogP contribution < -0.4 is 21.5 Å². The first-order valence-electron chi connectivity index (χ1n) is 9.95. The van der Waals surface area contributed by atoms with Gasteiger partial charge >= 0.3 is 6.03 Å². The summed E-state index contributed by atoms with van der Waals surface area (Å²) in [6, 6.07) is 14.1. The molecule has 0 aliphatic rings. The average molecular weight is 425 g/mol. The Morgan fingerprint density at radius 2 is 1.97 bits per heavy atom. The molecular weight excluding hydrogens is 398 g/mol. The molecule has 0 fully saturated rings. The van der Waals surface area contributed by atoms with Crippen LogP contribution in [0.2, 0.25) is 0 Å². The van der Waals surface area contributed by atoms with E-state index in [1.54, 1.807) is 24.5 Å². The number of aliphatic hydroxyl groups is 2. The number of carbonyl (C=O) groups excluding carboxylic acids is 1. The first-order chi connectivity index (χ1) is 15.0. The lowest BCUT2D eigenvalue weighted by Crippen LogP contribution is -2.21. The summed E-state index contributed by atoms with van der Waals surface area (Å²) < 4.78 is 7.66. The molecule has 3 aromatic rings. The summed E-state index contributed by atoms with van der Waals surface area (Å²) in [7, 11) is 0. The fraction of sp³-hybridized carbons (Fsp3) is 0.273. The van der Waals surface area contributed by atoms with Crippen molar-refractivity contribution >= 4 is 11.7 Å². The highest BCUT2D eigenvalue weighted by Crippen LogP contribution is 2.29. The number of anilines is 1. The molecule has 0 aliphatic heterocycles. The molecule has 2 amide bonds. The van der Waals surface area contributed by atoms with Gasteiger partial charge in [0.15, 0.2) is 0 Å². The van der Waals surface area contributed by atoms with Crippen molar-refractivity contribution in [2.45, 2.75) is 25.6 Å². The Hall–Kier alpha value is -3.40. The molecular formula is C22H27N5O4. The van der Waals surface area contributed by atoms with E-state index in [-0.39, 0.29) is 6.54 Å². The van der Waals surface area contributed by atoms with E-state index in [9.17, 15) is 15.0 Å². The topological polar surface area (TPSA) is 149 Å². The van der Waals surface area contributed by atoms with E-state index >= 15 is 0 Å². The molecule has 1 atom stereocenters. The number of nitrogens with one attached hydrogen (secondary N) is 1. The number of carbonyl (C=O) groups is 1. The largest absolute Gasteiger partial charge is 0.491 e. The van der Waals surface area contributed by atoms with Gasteiger partial charge in [-0.1, -0.05) is 42.5 Å². The van der Waals surface area contributed by atoms with E-state index in [1.165, 1.54) is 0 Å². The van der Waals surface area contributed by atoms with Crippen molar-refractivity contribution in [2.75, 3.05) is 18.5 Å². The molecule has 2 aromatic carbocycles. The van der Waals surface area contributed by atoms with Crippen LogP contribution in [-0.2, 0) is 13.1 Å². The lowest BCUT2D eigenvalue weighted by Gasteiger charge is -2.16. The smallest absolute Gasteiger partial charge is 0.316 e. The molecule has 1 aromatic heterocycles. The summed E-state index contributed by atoms with van der Waals surface area (Å²) >= 11 is 0. The monoisotopic (exact) mass is 425 g/mol. The number of hydrogen-bond acceptors (Lipinski definition) is 6. The number of primary amides is 1. The number of imidazole rings is 1. The van der Waals surface area contributed by atoms with Gasteiger partial charge in [0.2, 0.25) is 0 Å². The van der Waals surface area contributed by atoms with Gasteiger partial charge in [-0.15, -0.1) is 0 Å². The number of rotatable bonds is 10. The number of hydrogen-bond donors (Lipinski definition) is 5. The van der Waals surface area contributed by atoms with E-state index < -0.39 is 18.7 Å². The summed E-state index contributed by atoms with van der Waals surface area (Å²) in [5.74, 6) is 0.480. The maximum atomic E-state index is 11.3. The number of nitrogens with zero attached hydrogens (tertiary/aromatic N) is 2. The maximum Gasteiger partial charge on any atom is 0.316 e. The van der Waals surface area contributed by atoms with Crippen LogP contribution in [0.4, 0.5) is 10.5 Å². The predicted octanol–water partition coefficient (Wildman–Crippen LogP) is 1.99. The Kier molecular flexibility index (Phi) is 7.60. The zero-order valence-corrected chi connectivity index (χ0v) is 17.1. The number of ether oxygens (including phenoxy) is 1. The third kappa shape index (κ3) is 5.40. The second-order valence-corrected chi connectivity index (χ2v) is 6.92. The molecule has 9 heteroatoms. The van der Waals surface area contributed by atoms with Gasteiger partial charge in [0, 0.05) is 18.7 Å². The summed E-state index contributed by atoms with van der Waals surface area (Å²) in [6.07, 6.45) is 1.19. The van der Waals surface area contributed by atoms with E-state index in [1.807, 2.05) is 34.9 Å². The molecule has 0 saturated heterocycles. The van der Waals surface area contributed by atoms with Gasteiger partial charge in [-0.2, -0.15) is 0 Å². The van der Waals surface area contributed by atoms with Gasteiger partial charge in [0.25, 0.3) is 0 Å². The summed E-state index contributed by atoms with van der Waals surface area (Å²) in [5, 5.41) is 22.4. The molecule has 0 saturated carbocycles. The minimum absolute atomic E-state index is 0.229. The summed E-state index contributed by atoms with van der Waals surface area (Å²) in [6.45, 7) is 0.680. The van der Waals surface area contributed by atoms with Crippen molar-refractivity contribution < 1.29 is 19.7 Å². The van der Waals surface area contributed by atoms with Crippen molar-refractivity contribution in [3.63, 3.8) is 0 Å². The van der Waals surface area contributed by atoms with Gasteiger partial charge in [0.1, 0.15) is 11.9 Å². The number of nitrogens with two attached hydrogens (primary N) is 2. The molecule has 164 valence electrons. The normalized spacial score (nSPS) is 11.8. The van der Waals surface area contributed by atoms with Crippen molar-refractivity contribution in [2.24, 2.45) is 11.5 Å². The predicted molar refractivity (Wildman–Crippen MR) is 117 cm³/mol. The zero-order valence-electron chi connectivity index (χ0n) is 17.1. The first-order valence-corrected chi connectivity index (χ1v) is 9.95. The Bertz CT molecular complexity index is 1010. The van der Waals surface area contributed by atoms with Gasteiger partial charge in [-0.05, 0) is 18.1 Å². The average Bonchev–Trinajstić information content (AvgIpc) is 3.21. The van der Waals surface area contributed by atoms with Crippen molar-refractivity contribution in [3.8, 4) is 17.0 Å². The van der Waals surface area contributed by atoms with Crippen molar-refractivity contribution in [3.05, 3.63) is 66.1 Å². The molecule has 0 aliphatic carbocycles. The summed E-state index contributed by atoms with van der Waals surface area (Å²) in [4.78, 5) is 15.8. The number of benzene rings is 2. The number of para-hydroxylation sites is 1. The molecule has 0 spiro atoms. The van der Waals surface area contributed by atoms with Crippen molar-refractivity contribution in [1.29, 1.82) is 0 Å². The number of aliphatic hydroxyl groups excluding tert-OH is 2. The summed E-state index contributed by atoms with van der Waals surface area (Å²) in [5.41, 5.74) is 14.2. The Morgan fingerprint density at radius 3 is 2.65 bits per heavy atom. The van der Waals surface area contributed by atoms with Crippen molar-refractivity contribution in [1.82, 2.24) is 9.55 Å². The molecule has 3 rings (SSSR count). The fourth-order valence-electron chi connectivity index (χ4n) is 3.37. The van der Waals surface area contributed by atoms with Crippen LogP contribution in [0, 0.1) is 0 Å². The SMILES string of the molecule is NCc1cccc(OCCCn2cnc(-c3ccccc3)c2C(O)CO)c1NC(N)=O. The van der Waals surface area contributed by atoms with E-state index in [0.717, 1.165) is 5.56 Å². The maximum absolute atomic E-state index is 11.3. The minimum atomic E-state index is -1.05. The number of aromatic nitrogens is 2. The minimum Gasteiger partial charge on any atom is -0.491 e. The van der Waals surface area contributed by atoms with Crippen LogP contribution >= 0.6 is 0 Å². The highest BCUT2D eigenvalue weighted by molar-refractivity contribution is 5.90. The quantitative estimate of drug-likeness (QED) is 0.314. The van der Waals surface area contributed by atoms with Gasteiger partial charge < -0.3 is 36.3 Å². The van der Waals surface area contributed by atoms with Crippen LogP contribution in [0.15, 0.2) is 54.9 Å². The second-order valence-electron chi connectivity index (χ2n) is 6.92. The highest BCUT2D eigenvalue weighted by atomic mass is 16.5. The first kappa shape index (κ1) is 22.3. The van der Waals surface area contributed by atoms with E-state index in [2.05, 4.69) is 10.3 Å². The Labute approximate surface area is 180 Å². The molecule has 1 unspecified atom stereocenters. The number of amides is 2. The van der Waals surface area contributed by atoms with Crippen LogP contribution in [0.3, 0.4) is 0 Å². The lowest BCUT2D eigenvalue weighted by atomic mass is 10.1. The second kappa shape index (κ2) is 10.6. The van der Waals surface area contributed by atoms with Crippen LogP contribution in [-0.4, -0.2) is 39.0 Å². The highest BCUT2D eigenvalue weighted by Gasteiger charge is 2.19. The van der Waals surface area contributed by atoms with Gasteiger partial charge in [0.05, 0.1) is 36.6 Å². The molecule has 0 bridgehead atoms. The van der Waals surface area contributed by atoms with Crippen LogP contribution in [0.1, 0.15) is 23.8 Å². The van der Waals surface area contributed by atoms with Crippen LogP contribution in [0.5, 0.6) is 5.75 Å². The van der Waals surface area contributed by atoms with Gasteiger partial charge in [-0.25, -0.2) is 9.78 Å². The van der Waals surface area contributed by atoms with Gasteiger partial charge in [-0.3, -0.25) is 0 Å². The molecule has 7 N–H and O–H groups in total. The fourth-order valence-corrected chi connectivity index (χ4v) is 3.37. The van der Waals surface area contributed by atoms with Crippen LogP contribution in [0.25, 0.3) is 11.3 Å². The molecule has 9 nitrogen and oxygen atoms in total. The molecule has 31 heavy (non-hydrogen) atoms. The molecule has 0 radical (unpaired) electrons. The lowest BCUT2D eigenvalue weighted by molar-refractivity contribution is 0.0893. The Morgan fingerprint density at radius 1 is 1.19 bits per heavy atom. The number of aryl methyl sites for hydroxylation is 1. The number of urea groups is 1. The third-order valence-electron chi connectivity index (χ3n) is 4.80. The molecule has 1 heterocycles. The third-order valence-corrected chi connectivity index (χ3v) is 4.80.